The van der Waals surface area contributed by atoms with Crippen LogP contribution in [0.25, 0.3) is 0 Å². The monoisotopic (exact) mass is 284 g/mol. The molecule has 1 aliphatic rings. The molecule has 7 heteroatoms. The van der Waals surface area contributed by atoms with Crippen molar-refractivity contribution in [3.63, 3.8) is 0 Å². The van der Waals surface area contributed by atoms with E-state index in [9.17, 15) is 14.7 Å². The van der Waals surface area contributed by atoms with Crippen LogP contribution in [0.3, 0.4) is 0 Å². The maximum Gasteiger partial charge on any atom is 0.330 e. The van der Waals surface area contributed by atoms with Crippen LogP contribution in [0.1, 0.15) is 42.4 Å². The molecule has 1 atom stereocenters. The van der Waals surface area contributed by atoms with E-state index in [2.05, 4.69) is 10.5 Å². The number of carbonyl (C=O) groups excluding carboxylic acids is 1. The second kappa shape index (κ2) is 5.24. The first kappa shape index (κ1) is 13.9. The third-order valence-corrected chi connectivity index (χ3v) is 4.32. The fourth-order valence-electron chi connectivity index (χ4n) is 1.83. The Hall–Kier alpha value is -1.50. The van der Waals surface area contributed by atoms with Crippen molar-refractivity contribution in [2.75, 3.05) is 11.5 Å². The SMILES string of the molecule is CC(C)c1cc(C(=O)NC2(C(=O)O)CCSC2)on1. The van der Waals surface area contributed by atoms with Gasteiger partial charge in [0.1, 0.15) is 5.54 Å². The average Bonchev–Trinajstić information content (AvgIpc) is 2.97. The number of nitrogens with one attached hydrogen (secondary N) is 1. The van der Waals surface area contributed by atoms with Crippen molar-refractivity contribution >= 4 is 23.6 Å². The molecule has 1 fully saturated rings. The summed E-state index contributed by atoms with van der Waals surface area (Å²) in [6.45, 7) is 3.87. The number of carboxylic acid groups (broad SMARTS) is 1. The molecule has 6 nitrogen and oxygen atoms in total. The van der Waals surface area contributed by atoms with Crippen LogP contribution in [0.4, 0.5) is 0 Å². The van der Waals surface area contributed by atoms with Crippen molar-refractivity contribution < 1.29 is 19.2 Å². The lowest BCUT2D eigenvalue weighted by molar-refractivity contribution is -0.143. The molecule has 0 aromatic carbocycles. The number of rotatable bonds is 4. The van der Waals surface area contributed by atoms with Crippen LogP contribution in [-0.2, 0) is 4.79 Å². The Bertz CT molecular complexity index is 492. The smallest absolute Gasteiger partial charge is 0.330 e. The molecule has 0 radical (unpaired) electrons. The Morgan fingerprint density at radius 3 is 2.79 bits per heavy atom. The summed E-state index contributed by atoms with van der Waals surface area (Å²) in [5.41, 5.74) is -0.512. The number of aromatic nitrogens is 1. The molecule has 1 aromatic rings. The lowest BCUT2D eigenvalue weighted by Gasteiger charge is -2.23. The maximum atomic E-state index is 12.0. The molecule has 1 saturated heterocycles. The van der Waals surface area contributed by atoms with Crippen molar-refractivity contribution in [3.05, 3.63) is 17.5 Å². The van der Waals surface area contributed by atoms with Crippen LogP contribution >= 0.6 is 11.8 Å². The minimum absolute atomic E-state index is 0.0567. The zero-order chi connectivity index (χ0) is 14.0. The first-order chi connectivity index (χ1) is 8.94. The molecular weight excluding hydrogens is 268 g/mol. The zero-order valence-corrected chi connectivity index (χ0v) is 11.6. The standard InChI is InChI=1S/C12H16N2O4S/c1-7(2)8-5-9(18-14-8)10(15)13-12(11(16)17)3-4-19-6-12/h5,7H,3-4,6H2,1-2H3,(H,13,15)(H,16,17). The van der Waals surface area contributed by atoms with Gasteiger partial charge in [0.05, 0.1) is 5.69 Å². The van der Waals surface area contributed by atoms with Gasteiger partial charge in [0.15, 0.2) is 0 Å². The van der Waals surface area contributed by atoms with Gasteiger partial charge in [0.2, 0.25) is 5.76 Å². The summed E-state index contributed by atoms with van der Waals surface area (Å²) < 4.78 is 4.96. The van der Waals surface area contributed by atoms with Gasteiger partial charge < -0.3 is 14.9 Å². The molecule has 2 heterocycles. The van der Waals surface area contributed by atoms with E-state index in [1.165, 1.54) is 11.8 Å². The van der Waals surface area contributed by atoms with Gasteiger partial charge in [-0.1, -0.05) is 19.0 Å². The van der Waals surface area contributed by atoms with Crippen LogP contribution in [0.2, 0.25) is 0 Å². The highest BCUT2D eigenvalue weighted by molar-refractivity contribution is 7.99. The Morgan fingerprint density at radius 2 is 2.32 bits per heavy atom. The van der Waals surface area contributed by atoms with Crippen LogP contribution < -0.4 is 5.32 Å². The Morgan fingerprint density at radius 1 is 1.58 bits per heavy atom. The Balaban J connectivity index is 2.13. The lowest BCUT2D eigenvalue weighted by Crippen LogP contribution is -2.54. The quantitative estimate of drug-likeness (QED) is 0.870. The van der Waals surface area contributed by atoms with Crippen LogP contribution in [0.15, 0.2) is 10.6 Å². The van der Waals surface area contributed by atoms with Crippen LogP contribution in [0.5, 0.6) is 0 Å². The van der Waals surface area contributed by atoms with Gasteiger partial charge in [-0.05, 0) is 18.1 Å². The molecule has 1 amide bonds. The van der Waals surface area contributed by atoms with E-state index in [-0.39, 0.29) is 11.7 Å². The molecule has 0 spiro atoms. The van der Waals surface area contributed by atoms with E-state index in [0.717, 1.165) is 5.75 Å². The van der Waals surface area contributed by atoms with Gasteiger partial charge in [0, 0.05) is 11.8 Å². The van der Waals surface area contributed by atoms with E-state index in [0.29, 0.717) is 17.9 Å². The maximum absolute atomic E-state index is 12.0. The molecule has 0 bridgehead atoms. The minimum Gasteiger partial charge on any atom is -0.479 e. The van der Waals surface area contributed by atoms with Crippen molar-refractivity contribution in [3.8, 4) is 0 Å². The van der Waals surface area contributed by atoms with Gasteiger partial charge in [-0.15, -0.1) is 0 Å². The normalized spacial score (nSPS) is 22.7. The van der Waals surface area contributed by atoms with E-state index < -0.39 is 17.4 Å². The number of amides is 1. The lowest BCUT2D eigenvalue weighted by atomic mass is 9.99. The highest BCUT2D eigenvalue weighted by atomic mass is 32.2. The number of aliphatic carboxylic acids is 1. The second-order valence-electron chi connectivity index (χ2n) is 4.91. The number of carboxylic acids is 1. The number of nitrogens with zero attached hydrogens (tertiary/aromatic N) is 1. The fraction of sp³-hybridized carbons (Fsp3) is 0.583. The minimum atomic E-state index is -1.19. The molecule has 104 valence electrons. The highest BCUT2D eigenvalue weighted by Gasteiger charge is 2.43. The van der Waals surface area contributed by atoms with Gasteiger partial charge in [0.25, 0.3) is 5.91 Å². The van der Waals surface area contributed by atoms with E-state index in [1.54, 1.807) is 6.07 Å². The molecule has 1 unspecified atom stereocenters. The molecule has 0 aliphatic carbocycles. The molecule has 19 heavy (non-hydrogen) atoms. The van der Waals surface area contributed by atoms with Crippen molar-refractivity contribution in [2.24, 2.45) is 0 Å². The summed E-state index contributed by atoms with van der Waals surface area (Å²) >= 11 is 1.51. The van der Waals surface area contributed by atoms with Crippen molar-refractivity contribution in [1.82, 2.24) is 10.5 Å². The predicted octanol–water partition coefficient (Wildman–Crippen LogP) is 1.49. The first-order valence-corrected chi connectivity index (χ1v) is 7.20. The third-order valence-electron chi connectivity index (χ3n) is 3.13. The summed E-state index contributed by atoms with van der Waals surface area (Å²) in [6.07, 6.45) is 0.421. The number of thioether (sulfide) groups is 1. The predicted molar refractivity (Wildman–Crippen MR) is 70.4 cm³/mol. The second-order valence-corrected chi connectivity index (χ2v) is 6.02. The van der Waals surface area contributed by atoms with Crippen LogP contribution in [-0.4, -0.2) is 39.2 Å². The molecule has 2 rings (SSSR count). The highest BCUT2D eigenvalue weighted by Crippen LogP contribution is 2.28. The van der Waals surface area contributed by atoms with E-state index >= 15 is 0 Å². The molecule has 2 N–H and O–H groups in total. The molecule has 0 saturated carbocycles. The summed E-state index contributed by atoms with van der Waals surface area (Å²) in [5, 5.41) is 15.6. The van der Waals surface area contributed by atoms with Gasteiger partial charge in [-0.3, -0.25) is 4.79 Å². The average molecular weight is 284 g/mol. The van der Waals surface area contributed by atoms with Crippen molar-refractivity contribution in [2.45, 2.75) is 31.7 Å². The van der Waals surface area contributed by atoms with Crippen LogP contribution in [0, 0.1) is 0 Å². The Kier molecular flexibility index (Phi) is 3.84. The number of hydrogen-bond acceptors (Lipinski definition) is 5. The fourth-order valence-corrected chi connectivity index (χ4v) is 3.16. The van der Waals surface area contributed by atoms with Crippen molar-refractivity contribution in [1.29, 1.82) is 0 Å². The molecule has 1 aromatic heterocycles. The summed E-state index contributed by atoms with van der Waals surface area (Å²) in [6, 6.07) is 1.55. The number of carbonyl (C=O) groups is 2. The van der Waals surface area contributed by atoms with E-state index in [4.69, 9.17) is 4.52 Å². The summed E-state index contributed by atoms with van der Waals surface area (Å²) in [4.78, 5) is 23.4. The molecule has 1 aliphatic heterocycles. The van der Waals surface area contributed by atoms with Gasteiger partial charge >= 0.3 is 5.97 Å². The Labute approximate surface area is 114 Å². The first-order valence-electron chi connectivity index (χ1n) is 6.05. The van der Waals surface area contributed by atoms with E-state index in [1.807, 2.05) is 13.8 Å². The summed E-state index contributed by atoms with van der Waals surface area (Å²) in [7, 11) is 0. The largest absolute Gasteiger partial charge is 0.479 e. The van der Waals surface area contributed by atoms with Gasteiger partial charge in [-0.25, -0.2) is 4.79 Å². The molecular formula is C12H16N2O4S. The third kappa shape index (κ3) is 2.75. The summed E-state index contributed by atoms with van der Waals surface area (Å²) in [5.74, 6) is -0.222. The number of hydrogen-bond donors (Lipinski definition) is 2. The van der Waals surface area contributed by atoms with Gasteiger partial charge in [-0.2, -0.15) is 11.8 Å². The zero-order valence-electron chi connectivity index (χ0n) is 10.8. The topological polar surface area (TPSA) is 92.4 Å².